The number of halogens is 2. The van der Waals surface area contributed by atoms with Crippen molar-refractivity contribution in [3.8, 4) is 11.4 Å². The second-order valence-corrected chi connectivity index (χ2v) is 7.10. The molecule has 0 aliphatic heterocycles. The standard InChI is InChI=1S/C17H14BrFN4OS/c1-10-8-11(18)6-7-14(10)20-15(24)9-25-17-21-16(22-23-17)12-4-2-3-5-13(12)19/h2-8H,9H2,1H3,(H,20,24)(H,21,22,23). The van der Waals surface area contributed by atoms with Gasteiger partial charge >= 0.3 is 0 Å². The number of hydrogen-bond donors (Lipinski definition) is 2. The van der Waals surface area contributed by atoms with Crippen LogP contribution in [0.2, 0.25) is 0 Å². The molecule has 1 heterocycles. The van der Waals surface area contributed by atoms with Gasteiger partial charge in [-0.25, -0.2) is 9.37 Å². The van der Waals surface area contributed by atoms with Gasteiger partial charge < -0.3 is 5.32 Å². The van der Waals surface area contributed by atoms with Gasteiger partial charge in [0.2, 0.25) is 11.1 Å². The highest BCUT2D eigenvalue weighted by Crippen LogP contribution is 2.23. The molecule has 1 aromatic heterocycles. The van der Waals surface area contributed by atoms with E-state index in [1.54, 1.807) is 18.2 Å². The molecule has 0 fully saturated rings. The summed E-state index contributed by atoms with van der Waals surface area (Å²) in [6.07, 6.45) is 0. The smallest absolute Gasteiger partial charge is 0.234 e. The molecule has 0 radical (unpaired) electrons. The summed E-state index contributed by atoms with van der Waals surface area (Å²) >= 11 is 4.57. The minimum Gasteiger partial charge on any atom is -0.325 e. The van der Waals surface area contributed by atoms with Gasteiger partial charge in [-0.1, -0.05) is 39.8 Å². The number of H-pyrrole nitrogens is 1. The predicted octanol–water partition coefficient (Wildman–Crippen LogP) is 4.41. The zero-order valence-electron chi connectivity index (χ0n) is 13.2. The second kappa shape index (κ2) is 7.79. The van der Waals surface area contributed by atoms with E-state index >= 15 is 0 Å². The van der Waals surface area contributed by atoms with E-state index in [0.29, 0.717) is 16.5 Å². The molecule has 0 aliphatic carbocycles. The van der Waals surface area contributed by atoms with Crippen molar-refractivity contribution < 1.29 is 9.18 Å². The number of nitrogens with one attached hydrogen (secondary N) is 2. The molecule has 3 aromatic rings. The number of carbonyl (C=O) groups excluding carboxylic acids is 1. The van der Waals surface area contributed by atoms with Crippen molar-refractivity contribution in [3.63, 3.8) is 0 Å². The van der Waals surface area contributed by atoms with Gasteiger partial charge in [0, 0.05) is 10.2 Å². The Labute approximate surface area is 156 Å². The van der Waals surface area contributed by atoms with Crippen molar-refractivity contribution in [3.05, 3.63) is 58.3 Å². The van der Waals surface area contributed by atoms with E-state index in [1.807, 2.05) is 25.1 Å². The number of rotatable bonds is 5. The predicted molar refractivity (Wildman–Crippen MR) is 100 cm³/mol. The van der Waals surface area contributed by atoms with E-state index in [2.05, 4.69) is 36.4 Å². The third-order valence-electron chi connectivity index (χ3n) is 3.39. The maximum Gasteiger partial charge on any atom is 0.234 e. The molecule has 5 nitrogen and oxygen atoms in total. The molecule has 1 amide bonds. The normalized spacial score (nSPS) is 10.7. The summed E-state index contributed by atoms with van der Waals surface area (Å²) in [7, 11) is 0. The van der Waals surface area contributed by atoms with Gasteiger partial charge in [-0.3, -0.25) is 9.89 Å². The average molecular weight is 421 g/mol. The first kappa shape index (κ1) is 17.6. The number of aryl methyl sites for hydroxylation is 1. The molecule has 128 valence electrons. The maximum absolute atomic E-state index is 13.7. The Morgan fingerprint density at radius 2 is 2.12 bits per heavy atom. The number of benzene rings is 2. The number of anilines is 1. The first-order chi connectivity index (χ1) is 12.0. The van der Waals surface area contributed by atoms with Gasteiger partial charge in [-0.05, 0) is 42.8 Å². The fourth-order valence-electron chi connectivity index (χ4n) is 2.17. The summed E-state index contributed by atoms with van der Waals surface area (Å²) in [5.74, 6) is -0.0413. The Morgan fingerprint density at radius 3 is 2.88 bits per heavy atom. The molecule has 0 atom stereocenters. The summed E-state index contributed by atoms with van der Waals surface area (Å²) in [6.45, 7) is 1.92. The SMILES string of the molecule is Cc1cc(Br)ccc1NC(=O)CSc1n[nH]c(-c2ccccc2F)n1. The first-order valence-electron chi connectivity index (χ1n) is 7.39. The van der Waals surface area contributed by atoms with Crippen LogP contribution in [0.3, 0.4) is 0 Å². The highest BCUT2D eigenvalue weighted by molar-refractivity contribution is 9.10. The Kier molecular flexibility index (Phi) is 5.50. The van der Waals surface area contributed by atoms with Gasteiger partial charge in [-0.15, -0.1) is 5.10 Å². The molecular weight excluding hydrogens is 407 g/mol. The number of thioether (sulfide) groups is 1. The quantitative estimate of drug-likeness (QED) is 0.599. The van der Waals surface area contributed by atoms with Crippen molar-refractivity contribution in [1.82, 2.24) is 15.2 Å². The molecule has 0 unspecified atom stereocenters. The number of carbonyl (C=O) groups is 1. The summed E-state index contributed by atoms with van der Waals surface area (Å²) in [6, 6.07) is 11.9. The Hall–Kier alpha value is -2.19. The van der Waals surface area contributed by atoms with Crippen LogP contribution in [0.4, 0.5) is 10.1 Å². The number of amides is 1. The fourth-order valence-corrected chi connectivity index (χ4v) is 3.24. The lowest BCUT2D eigenvalue weighted by atomic mass is 10.2. The highest BCUT2D eigenvalue weighted by Gasteiger charge is 2.12. The van der Waals surface area contributed by atoms with Crippen LogP contribution in [0.5, 0.6) is 0 Å². The zero-order chi connectivity index (χ0) is 17.8. The van der Waals surface area contributed by atoms with Crippen LogP contribution in [0.25, 0.3) is 11.4 Å². The molecular formula is C17H14BrFN4OS. The highest BCUT2D eigenvalue weighted by atomic mass is 79.9. The van der Waals surface area contributed by atoms with Crippen LogP contribution in [-0.2, 0) is 4.79 Å². The van der Waals surface area contributed by atoms with Crippen molar-refractivity contribution in [2.75, 3.05) is 11.1 Å². The van der Waals surface area contributed by atoms with Crippen LogP contribution in [-0.4, -0.2) is 26.8 Å². The van der Waals surface area contributed by atoms with Crippen molar-refractivity contribution in [2.24, 2.45) is 0 Å². The Bertz CT molecular complexity index is 915. The number of aromatic nitrogens is 3. The van der Waals surface area contributed by atoms with Crippen LogP contribution in [0.1, 0.15) is 5.56 Å². The molecule has 0 aliphatic rings. The molecule has 0 spiro atoms. The second-order valence-electron chi connectivity index (χ2n) is 5.24. The van der Waals surface area contributed by atoms with Crippen LogP contribution < -0.4 is 5.32 Å². The average Bonchev–Trinajstić information content (AvgIpc) is 3.05. The van der Waals surface area contributed by atoms with Crippen molar-refractivity contribution >= 4 is 39.3 Å². The molecule has 0 saturated carbocycles. The molecule has 25 heavy (non-hydrogen) atoms. The van der Waals surface area contributed by atoms with E-state index in [0.717, 1.165) is 15.7 Å². The molecule has 0 bridgehead atoms. The van der Waals surface area contributed by atoms with Crippen LogP contribution in [0.15, 0.2) is 52.1 Å². The van der Waals surface area contributed by atoms with Crippen molar-refractivity contribution in [1.29, 1.82) is 0 Å². The number of nitrogens with zero attached hydrogens (tertiary/aromatic N) is 2. The topological polar surface area (TPSA) is 70.7 Å². The third-order valence-corrected chi connectivity index (χ3v) is 4.73. The van der Waals surface area contributed by atoms with Gasteiger partial charge in [0.05, 0.1) is 11.3 Å². The number of aromatic amines is 1. The number of hydrogen-bond acceptors (Lipinski definition) is 4. The molecule has 8 heteroatoms. The van der Waals surface area contributed by atoms with E-state index in [4.69, 9.17) is 0 Å². The lowest BCUT2D eigenvalue weighted by molar-refractivity contribution is -0.113. The minimum atomic E-state index is -0.376. The van der Waals surface area contributed by atoms with Crippen LogP contribution in [0, 0.1) is 12.7 Å². The zero-order valence-corrected chi connectivity index (χ0v) is 15.6. The van der Waals surface area contributed by atoms with Gasteiger partial charge in [0.15, 0.2) is 5.82 Å². The first-order valence-corrected chi connectivity index (χ1v) is 9.17. The third kappa shape index (κ3) is 4.46. The molecule has 2 aromatic carbocycles. The van der Waals surface area contributed by atoms with E-state index in [-0.39, 0.29) is 17.5 Å². The minimum absolute atomic E-state index is 0.157. The molecule has 3 rings (SSSR count). The van der Waals surface area contributed by atoms with Gasteiger partial charge in [0.1, 0.15) is 5.82 Å². The summed E-state index contributed by atoms with van der Waals surface area (Å²) in [5, 5.41) is 9.95. The molecule has 2 N–H and O–H groups in total. The lowest BCUT2D eigenvalue weighted by Crippen LogP contribution is -2.14. The Morgan fingerprint density at radius 1 is 1.32 bits per heavy atom. The fraction of sp³-hybridized carbons (Fsp3) is 0.118. The lowest BCUT2D eigenvalue weighted by Gasteiger charge is -2.07. The maximum atomic E-state index is 13.7. The van der Waals surface area contributed by atoms with Crippen LogP contribution >= 0.6 is 27.7 Å². The van der Waals surface area contributed by atoms with Crippen molar-refractivity contribution in [2.45, 2.75) is 12.1 Å². The van der Waals surface area contributed by atoms with Gasteiger partial charge in [-0.2, -0.15) is 0 Å². The Balaban J connectivity index is 1.60. The summed E-state index contributed by atoms with van der Waals surface area (Å²) in [4.78, 5) is 16.3. The largest absolute Gasteiger partial charge is 0.325 e. The molecule has 0 saturated heterocycles. The monoisotopic (exact) mass is 420 g/mol. The van der Waals surface area contributed by atoms with E-state index in [9.17, 15) is 9.18 Å². The summed E-state index contributed by atoms with van der Waals surface area (Å²) in [5.41, 5.74) is 2.07. The summed E-state index contributed by atoms with van der Waals surface area (Å²) < 4.78 is 14.7. The van der Waals surface area contributed by atoms with E-state index < -0.39 is 0 Å². The van der Waals surface area contributed by atoms with Gasteiger partial charge in [0.25, 0.3) is 0 Å². The van der Waals surface area contributed by atoms with E-state index in [1.165, 1.54) is 17.8 Å².